The Balaban J connectivity index is 0.000000360. The van der Waals surface area contributed by atoms with Crippen molar-refractivity contribution in [2.24, 2.45) is 0 Å². The van der Waals surface area contributed by atoms with Gasteiger partial charge in [-0.3, -0.25) is 0 Å². The third-order valence-electron chi connectivity index (χ3n) is 0.568. The Morgan fingerprint density at radius 1 is 1.14 bits per heavy atom. The second kappa shape index (κ2) is 2.36. The summed E-state index contributed by atoms with van der Waals surface area (Å²) in [5.74, 6) is 0. The van der Waals surface area contributed by atoms with E-state index in [1.165, 1.54) is 12.4 Å². The standard InChI is InChI=1S/C4H4FN.H2O/c5-6-3-1-2-4-6;/h1-4H;1H2. The Labute approximate surface area is 40.4 Å². The molecule has 0 amide bonds. The smallest absolute Gasteiger partial charge is 0.0379 e. The van der Waals surface area contributed by atoms with E-state index in [4.69, 9.17) is 0 Å². The van der Waals surface area contributed by atoms with Crippen LogP contribution in [0.3, 0.4) is 0 Å². The van der Waals surface area contributed by atoms with E-state index in [1.807, 2.05) is 0 Å². The summed E-state index contributed by atoms with van der Waals surface area (Å²) in [6.07, 6.45) is 2.67. The fraction of sp³-hybridized carbons (Fsp3) is 0. The summed E-state index contributed by atoms with van der Waals surface area (Å²) >= 11 is 0. The van der Waals surface area contributed by atoms with E-state index >= 15 is 0 Å². The summed E-state index contributed by atoms with van der Waals surface area (Å²) in [6.45, 7) is 0. The highest BCUT2D eigenvalue weighted by atomic mass is 19.2. The van der Waals surface area contributed by atoms with Gasteiger partial charge in [-0.15, -0.1) is 0 Å². The molecule has 0 fully saturated rings. The molecular formula is C4H6FNO. The minimum Gasteiger partial charge on any atom is -0.412 e. The molecular weight excluding hydrogens is 97.0 g/mol. The van der Waals surface area contributed by atoms with E-state index in [2.05, 4.69) is 0 Å². The maximum absolute atomic E-state index is 11.6. The molecule has 7 heavy (non-hydrogen) atoms. The van der Waals surface area contributed by atoms with Crippen molar-refractivity contribution >= 4 is 0 Å². The first-order valence-electron chi connectivity index (χ1n) is 1.69. The van der Waals surface area contributed by atoms with Crippen molar-refractivity contribution in [2.75, 3.05) is 0 Å². The minimum absolute atomic E-state index is 0. The second-order valence-corrected chi connectivity index (χ2v) is 1.03. The molecule has 0 unspecified atom stereocenters. The average Bonchev–Trinajstić information content (AvgIpc) is 1.86. The lowest BCUT2D eigenvalue weighted by molar-refractivity contribution is 0.371. The van der Waals surface area contributed by atoms with Crippen molar-refractivity contribution in [3.63, 3.8) is 0 Å². The zero-order valence-electron chi connectivity index (χ0n) is 3.63. The van der Waals surface area contributed by atoms with Crippen LogP contribution in [0.15, 0.2) is 24.5 Å². The first kappa shape index (κ1) is 6.17. The number of halogens is 1. The second-order valence-electron chi connectivity index (χ2n) is 1.03. The molecule has 0 spiro atoms. The molecule has 2 nitrogen and oxygen atoms in total. The van der Waals surface area contributed by atoms with E-state index in [0.717, 1.165) is 0 Å². The van der Waals surface area contributed by atoms with Gasteiger partial charge in [0, 0.05) is 12.4 Å². The Hall–Kier alpha value is -0.830. The van der Waals surface area contributed by atoms with Gasteiger partial charge in [-0.2, -0.15) is 4.79 Å². The molecule has 40 valence electrons. The van der Waals surface area contributed by atoms with Crippen molar-refractivity contribution in [2.45, 2.75) is 0 Å². The predicted molar refractivity (Wildman–Crippen MR) is 24.6 cm³/mol. The Morgan fingerprint density at radius 3 is 1.71 bits per heavy atom. The van der Waals surface area contributed by atoms with Crippen LogP contribution in [0.2, 0.25) is 0 Å². The molecule has 0 saturated carbocycles. The molecule has 0 radical (unpaired) electrons. The van der Waals surface area contributed by atoms with Crippen molar-refractivity contribution in [3.8, 4) is 0 Å². The fourth-order valence-corrected chi connectivity index (χ4v) is 0.314. The van der Waals surface area contributed by atoms with Crippen LogP contribution in [0.5, 0.6) is 0 Å². The number of aromatic nitrogens is 1. The van der Waals surface area contributed by atoms with E-state index < -0.39 is 0 Å². The number of hydrogen-bond acceptors (Lipinski definition) is 0. The lowest BCUT2D eigenvalue weighted by atomic mass is 10.7. The summed E-state index contributed by atoms with van der Waals surface area (Å²) in [4.78, 5) is 0.500. The molecule has 0 bridgehead atoms. The maximum atomic E-state index is 11.6. The first-order valence-corrected chi connectivity index (χ1v) is 1.69. The van der Waals surface area contributed by atoms with Gasteiger partial charge >= 0.3 is 0 Å². The Morgan fingerprint density at radius 2 is 1.57 bits per heavy atom. The monoisotopic (exact) mass is 103 g/mol. The summed E-state index contributed by atoms with van der Waals surface area (Å²) < 4.78 is 11.6. The van der Waals surface area contributed by atoms with Gasteiger partial charge in [0.2, 0.25) is 0 Å². The highest BCUT2D eigenvalue weighted by Crippen LogP contribution is 1.84. The van der Waals surface area contributed by atoms with Crippen LogP contribution >= 0.6 is 0 Å². The molecule has 1 rings (SSSR count). The van der Waals surface area contributed by atoms with Gasteiger partial charge in [-0.1, -0.05) is 4.48 Å². The van der Waals surface area contributed by atoms with E-state index in [0.29, 0.717) is 4.79 Å². The number of nitrogens with zero attached hydrogens (tertiary/aromatic N) is 1. The Kier molecular flexibility index (Phi) is 2.08. The lowest BCUT2D eigenvalue weighted by Gasteiger charge is -1.71. The molecule has 1 aromatic rings. The average molecular weight is 103 g/mol. The fourth-order valence-electron chi connectivity index (χ4n) is 0.314. The normalized spacial score (nSPS) is 7.57. The molecule has 2 N–H and O–H groups in total. The topological polar surface area (TPSA) is 36.4 Å². The molecule has 0 aromatic carbocycles. The van der Waals surface area contributed by atoms with Crippen molar-refractivity contribution in [1.29, 1.82) is 0 Å². The van der Waals surface area contributed by atoms with Gasteiger partial charge in [-0.05, 0) is 12.1 Å². The summed E-state index contributed by atoms with van der Waals surface area (Å²) in [5.41, 5.74) is 0. The predicted octanol–water partition coefficient (Wildman–Crippen LogP) is 0.396. The van der Waals surface area contributed by atoms with E-state index in [-0.39, 0.29) is 5.48 Å². The van der Waals surface area contributed by atoms with Gasteiger partial charge in [0.05, 0.1) is 0 Å². The third kappa shape index (κ3) is 1.36. The van der Waals surface area contributed by atoms with Crippen molar-refractivity contribution in [1.82, 2.24) is 4.79 Å². The zero-order valence-corrected chi connectivity index (χ0v) is 3.63. The van der Waals surface area contributed by atoms with Crippen LogP contribution in [0, 0.1) is 0 Å². The van der Waals surface area contributed by atoms with E-state index in [9.17, 15) is 4.48 Å². The molecule has 0 aliphatic heterocycles. The lowest BCUT2D eigenvalue weighted by Crippen LogP contribution is -1.66. The SMILES string of the molecule is Fn1cccc1.O. The summed E-state index contributed by atoms with van der Waals surface area (Å²) in [7, 11) is 0. The molecule has 0 atom stereocenters. The molecule has 0 aliphatic rings. The van der Waals surface area contributed by atoms with Gasteiger partial charge in [0.1, 0.15) is 0 Å². The third-order valence-corrected chi connectivity index (χ3v) is 0.568. The van der Waals surface area contributed by atoms with Crippen molar-refractivity contribution < 1.29 is 9.96 Å². The quantitative estimate of drug-likeness (QED) is 0.455. The summed E-state index contributed by atoms with van der Waals surface area (Å²) in [6, 6.07) is 3.25. The van der Waals surface area contributed by atoms with Crippen LogP contribution in [0.4, 0.5) is 4.48 Å². The molecule has 0 saturated heterocycles. The zero-order chi connectivity index (χ0) is 4.41. The largest absolute Gasteiger partial charge is 0.412 e. The van der Waals surface area contributed by atoms with Gasteiger partial charge in [0.25, 0.3) is 0 Å². The minimum atomic E-state index is 0. The highest BCUT2D eigenvalue weighted by molar-refractivity contribution is 4.87. The number of hydrogen-bond donors (Lipinski definition) is 0. The highest BCUT2D eigenvalue weighted by Gasteiger charge is 1.72. The van der Waals surface area contributed by atoms with Crippen LogP contribution in [0.1, 0.15) is 0 Å². The molecule has 1 aromatic heterocycles. The summed E-state index contributed by atoms with van der Waals surface area (Å²) in [5, 5.41) is 0. The Bertz CT molecular complexity index is 115. The number of rotatable bonds is 0. The van der Waals surface area contributed by atoms with Crippen LogP contribution in [-0.2, 0) is 0 Å². The van der Waals surface area contributed by atoms with Gasteiger partial charge in [0.15, 0.2) is 0 Å². The van der Waals surface area contributed by atoms with Crippen LogP contribution in [-0.4, -0.2) is 10.3 Å². The van der Waals surface area contributed by atoms with E-state index in [1.54, 1.807) is 12.1 Å². The van der Waals surface area contributed by atoms with Gasteiger partial charge in [-0.25, -0.2) is 0 Å². The molecule has 0 aliphatic carbocycles. The molecule has 1 heterocycles. The van der Waals surface area contributed by atoms with Crippen molar-refractivity contribution in [3.05, 3.63) is 24.5 Å². The van der Waals surface area contributed by atoms with Crippen LogP contribution < -0.4 is 0 Å². The van der Waals surface area contributed by atoms with Gasteiger partial charge < -0.3 is 5.48 Å². The first-order chi connectivity index (χ1) is 2.89. The maximum Gasteiger partial charge on any atom is 0.0379 e. The molecule has 3 heteroatoms. The van der Waals surface area contributed by atoms with Crippen LogP contribution in [0.25, 0.3) is 0 Å².